The molecule has 2 N–H and O–H groups in total. The van der Waals surface area contributed by atoms with Crippen molar-refractivity contribution in [3.05, 3.63) is 57.5 Å². The topological polar surface area (TPSA) is 73.3 Å². The lowest BCUT2D eigenvalue weighted by Crippen LogP contribution is -2.37. The van der Waals surface area contributed by atoms with Crippen molar-refractivity contribution < 1.29 is 9.59 Å². The summed E-state index contributed by atoms with van der Waals surface area (Å²) in [5.74, 6) is -0.696. The normalized spacial score (nSPS) is 14.1. The van der Waals surface area contributed by atoms with Gasteiger partial charge in [0.15, 0.2) is 0 Å². The highest BCUT2D eigenvalue weighted by molar-refractivity contribution is 6.19. The second-order valence-corrected chi connectivity index (χ2v) is 7.69. The minimum absolute atomic E-state index is 0.131. The molecule has 0 aromatic carbocycles. The van der Waals surface area contributed by atoms with Crippen LogP contribution in [0.25, 0.3) is 0 Å². The zero-order valence-electron chi connectivity index (χ0n) is 19.1. The fourth-order valence-corrected chi connectivity index (χ4v) is 3.51. The van der Waals surface area contributed by atoms with Gasteiger partial charge in [-0.2, -0.15) is 0 Å². The number of rotatable bonds is 7. The number of hydrogen-bond donors (Lipinski definition) is 2. The van der Waals surface area contributed by atoms with Gasteiger partial charge in [-0.1, -0.05) is 30.6 Å². The lowest BCUT2D eigenvalue weighted by molar-refractivity contribution is -0.127. The third-order valence-electron chi connectivity index (χ3n) is 4.81. The third-order valence-corrected chi connectivity index (χ3v) is 4.81. The number of carbonyl (C=O) groups is 2. The van der Waals surface area contributed by atoms with Crippen LogP contribution in [0, 0.1) is 5.41 Å². The van der Waals surface area contributed by atoms with Gasteiger partial charge in [-0.15, -0.1) is 0 Å². The zero-order valence-corrected chi connectivity index (χ0v) is 19.1. The first-order valence-electron chi connectivity index (χ1n) is 10.2. The third kappa shape index (κ3) is 5.66. The van der Waals surface area contributed by atoms with Crippen LogP contribution in [0.5, 0.6) is 0 Å². The Bertz CT molecular complexity index is 843. The van der Waals surface area contributed by atoms with Gasteiger partial charge in [0.05, 0.1) is 5.70 Å². The van der Waals surface area contributed by atoms with E-state index in [9.17, 15) is 9.59 Å². The molecular weight excluding hydrogens is 362 g/mol. The van der Waals surface area contributed by atoms with Crippen LogP contribution < -0.4 is 5.32 Å². The van der Waals surface area contributed by atoms with Crippen molar-refractivity contribution in [3.8, 4) is 0 Å². The van der Waals surface area contributed by atoms with Crippen LogP contribution in [0.4, 0.5) is 0 Å². The number of amides is 2. The first-order chi connectivity index (χ1) is 13.6. The Morgan fingerprint density at radius 1 is 1.17 bits per heavy atom. The summed E-state index contributed by atoms with van der Waals surface area (Å²) in [6.45, 7) is 15.9. The first-order valence-corrected chi connectivity index (χ1v) is 10.2. The van der Waals surface area contributed by atoms with Gasteiger partial charge in [-0.25, -0.2) is 0 Å². The molecule has 1 rings (SSSR count). The summed E-state index contributed by atoms with van der Waals surface area (Å²) < 4.78 is 0. The maximum atomic E-state index is 13.2. The van der Waals surface area contributed by atoms with E-state index in [0.717, 1.165) is 46.4 Å². The first kappa shape index (κ1) is 24.3. The molecule has 0 aromatic heterocycles. The van der Waals surface area contributed by atoms with Crippen molar-refractivity contribution in [2.24, 2.45) is 0 Å². The number of nitrogens with one attached hydrogen (secondary N) is 2. The highest BCUT2D eigenvalue weighted by atomic mass is 16.2. The molecule has 0 fully saturated rings. The van der Waals surface area contributed by atoms with Gasteiger partial charge >= 0.3 is 0 Å². The van der Waals surface area contributed by atoms with Crippen LogP contribution >= 0.6 is 0 Å². The quantitative estimate of drug-likeness (QED) is 0.204. The van der Waals surface area contributed by atoms with E-state index in [1.54, 1.807) is 31.0 Å². The van der Waals surface area contributed by atoms with Gasteiger partial charge in [0.25, 0.3) is 11.8 Å². The fourth-order valence-electron chi connectivity index (χ4n) is 3.51. The Morgan fingerprint density at radius 3 is 2.24 bits per heavy atom. The summed E-state index contributed by atoms with van der Waals surface area (Å²) in [7, 11) is 0. The van der Waals surface area contributed by atoms with E-state index >= 15 is 0 Å². The van der Waals surface area contributed by atoms with Crippen molar-refractivity contribution in [2.75, 3.05) is 6.54 Å². The van der Waals surface area contributed by atoms with Crippen LogP contribution in [0.3, 0.4) is 0 Å². The van der Waals surface area contributed by atoms with E-state index in [2.05, 4.69) is 12.2 Å². The predicted molar refractivity (Wildman–Crippen MR) is 121 cm³/mol. The Hall–Kier alpha value is -2.69. The Balaban J connectivity index is 3.37. The summed E-state index contributed by atoms with van der Waals surface area (Å²) in [6.07, 6.45) is 6.99. The molecule has 1 aliphatic heterocycles. The lowest BCUT2D eigenvalue weighted by Gasteiger charge is -2.30. The number of nitrogens with zero attached hydrogens (tertiary/aromatic N) is 1. The standard InChI is InChI=1S/C24H35N3O2/c1-9-11-13-26-23(28)19(10-2)24(29)27-14-12-20(17(7)22(27)16(5)6)21(15(3)4)18(8)25/h10,12,14,25H,9,11,13H2,1-8H3,(H,26,28)/b19-10-,25-18?. The van der Waals surface area contributed by atoms with E-state index in [-0.39, 0.29) is 17.4 Å². The highest BCUT2D eigenvalue weighted by Crippen LogP contribution is 2.33. The predicted octanol–water partition coefficient (Wildman–Crippen LogP) is 5.19. The van der Waals surface area contributed by atoms with Crippen molar-refractivity contribution >= 4 is 17.5 Å². The number of carbonyl (C=O) groups excluding carboxylic acids is 2. The molecule has 0 saturated carbocycles. The number of allylic oxidation sites excluding steroid dienone is 7. The fraction of sp³-hybridized carbons (Fsp3) is 0.458. The van der Waals surface area contributed by atoms with Crippen LogP contribution in [-0.4, -0.2) is 29.0 Å². The molecule has 0 atom stereocenters. The number of hydrogen-bond acceptors (Lipinski definition) is 3. The molecule has 1 heterocycles. The molecule has 0 aliphatic carbocycles. The smallest absolute Gasteiger partial charge is 0.267 e. The highest BCUT2D eigenvalue weighted by Gasteiger charge is 2.29. The van der Waals surface area contributed by atoms with E-state index in [0.29, 0.717) is 12.3 Å². The molecule has 1 aliphatic rings. The van der Waals surface area contributed by atoms with E-state index in [1.807, 2.05) is 40.7 Å². The van der Waals surface area contributed by atoms with Crippen LogP contribution in [0.2, 0.25) is 0 Å². The second-order valence-electron chi connectivity index (χ2n) is 7.69. The van der Waals surface area contributed by atoms with Crippen LogP contribution in [0.1, 0.15) is 68.2 Å². The Labute approximate surface area is 175 Å². The van der Waals surface area contributed by atoms with Gasteiger partial charge in [0.1, 0.15) is 5.57 Å². The zero-order chi connectivity index (χ0) is 22.3. The minimum atomic E-state index is -0.349. The largest absolute Gasteiger partial charge is 0.352 e. The SMILES string of the molecule is C/C=C(/C(=O)NCCCC)C(=O)N1C=CC(C(C(C)=N)=C(C)C)=C(C)C1=C(C)C. The van der Waals surface area contributed by atoms with Crippen molar-refractivity contribution in [3.63, 3.8) is 0 Å². The molecule has 5 nitrogen and oxygen atoms in total. The molecule has 5 heteroatoms. The van der Waals surface area contributed by atoms with E-state index in [4.69, 9.17) is 5.41 Å². The molecule has 29 heavy (non-hydrogen) atoms. The van der Waals surface area contributed by atoms with Crippen molar-refractivity contribution in [2.45, 2.75) is 68.2 Å². The monoisotopic (exact) mass is 397 g/mol. The molecule has 0 saturated heterocycles. The summed E-state index contributed by atoms with van der Waals surface area (Å²) in [5.41, 5.74) is 6.15. The lowest BCUT2D eigenvalue weighted by atomic mass is 9.89. The molecule has 0 unspecified atom stereocenters. The summed E-state index contributed by atoms with van der Waals surface area (Å²) in [4.78, 5) is 27.3. The average molecular weight is 398 g/mol. The van der Waals surface area contributed by atoms with Gasteiger partial charge < -0.3 is 10.7 Å². The number of unbranched alkanes of at least 4 members (excludes halogenated alkanes) is 1. The summed E-state index contributed by atoms with van der Waals surface area (Å²) in [6, 6.07) is 0. The van der Waals surface area contributed by atoms with Gasteiger partial charge in [-0.3, -0.25) is 14.5 Å². The van der Waals surface area contributed by atoms with Crippen LogP contribution in [-0.2, 0) is 9.59 Å². The summed E-state index contributed by atoms with van der Waals surface area (Å²) in [5, 5.41) is 11.0. The maximum absolute atomic E-state index is 13.2. The second kappa shape index (κ2) is 10.7. The molecule has 0 spiro atoms. The summed E-state index contributed by atoms with van der Waals surface area (Å²) >= 11 is 0. The molecule has 0 aromatic rings. The minimum Gasteiger partial charge on any atom is -0.352 e. The Kier molecular flexibility index (Phi) is 9.02. The van der Waals surface area contributed by atoms with Crippen LogP contribution in [0.15, 0.2) is 57.5 Å². The van der Waals surface area contributed by atoms with Crippen molar-refractivity contribution in [1.29, 1.82) is 5.41 Å². The van der Waals surface area contributed by atoms with Gasteiger partial charge in [0.2, 0.25) is 0 Å². The molecule has 2 amide bonds. The van der Waals surface area contributed by atoms with E-state index < -0.39 is 0 Å². The molecule has 158 valence electrons. The average Bonchev–Trinajstić information content (AvgIpc) is 2.62. The Morgan fingerprint density at radius 2 is 1.79 bits per heavy atom. The molecule has 0 bridgehead atoms. The maximum Gasteiger partial charge on any atom is 0.267 e. The van der Waals surface area contributed by atoms with Gasteiger partial charge in [-0.05, 0) is 72.1 Å². The van der Waals surface area contributed by atoms with Gasteiger partial charge in [0, 0.05) is 24.0 Å². The molecular formula is C24H35N3O2. The van der Waals surface area contributed by atoms with E-state index in [1.165, 1.54) is 0 Å². The van der Waals surface area contributed by atoms with Crippen molar-refractivity contribution in [1.82, 2.24) is 10.2 Å². The molecule has 0 radical (unpaired) electrons.